The van der Waals surface area contributed by atoms with Crippen LogP contribution in [0.4, 0.5) is 15.8 Å². The lowest BCUT2D eigenvalue weighted by Gasteiger charge is -2.38. The van der Waals surface area contributed by atoms with E-state index >= 15 is 4.39 Å². The third-order valence-corrected chi connectivity index (χ3v) is 6.55. The molecule has 1 aliphatic rings. The molecule has 1 saturated heterocycles. The largest absolute Gasteiger partial charge is 0.459 e. The van der Waals surface area contributed by atoms with Crippen molar-refractivity contribution in [3.05, 3.63) is 95.3 Å². The summed E-state index contributed by atoms with van der Waals surface area (Å²) in [7, 11) is 0. The maximum atomic E-state index is 16.6. The smallest absolute Gasteiger partial charge is 0.317 e. The summed E-state index contributed by atoms with van der Waals surface area (Å²) in [6.07, 6.45) is 0.694. The second-order valence-electron chi connectivity index (χ2n) is 10.4. The highest BCUT2D eigenvalue weighted by molar-refractivity contribution is 5.85. The first-order chi connectivity index (χ1) is 17.2. The van der Waals surface area contributed by atoms with Crippen LogP contribution >= 0.6 is 0 Å². The highest BCUT2D eigenvalue weighted by atomic mass is 19.1. The van der Waals surface area contributed by atoms with Crippen molar-refractivity contribution in [2.45, 2.75) is 57.7 Å². The number of hydrogen-bond donors (Lipinski definition) is 1. The molecule has 36 heavy (non-hydrogen) atoms. The molecule has 0 aromatic heterocycles. The fourth-order valence-corrected chi connectivity index (χ4v) is 4.77. The standard InChI is InChI=1S/C30H35FN2O3/c1-29(2,3)36-28(34)30(16-18-35-19-17-30)24-14-15-25(32)27(26(24)31)33(20-22-10-6-4-7-11-22)21-23-12-8-5-9-13-23/h4-15H,16-21,32H2,1-3H3. The number of hydrogen-bond acceptors (Lipinski definition) is 5. The number of anilines is 2. The first-order valence-corrected chi connectivity index (χ1v) is 12.4. The Labute approximate surface area is 213 Å². The van der Waals surface area contributed by atoms with Gasteiger partial charge in [0, 0.05) is 31.9 Å². The SMILES string of the molecule is CC(C)(C)OC(=O)C1(c2ccc(N)c(N(Cc3ccccc3)Cc3ccccc3)c2F)CCOCC1. The second kappa shape index (κ2) is 10.7. The van der Waals surface area contributed by atoms with Crippen molar-refractivity contribution in [2.24, 2.45) is 0 Å². The van der Waals surface area contributed by atoms with Gasteiger partial charge in [-0.05, 0) is 50.8 Å². The number of carbonyl (C=O) groups is 1. The summed E-state index contributed by atoms with van der Waals surface area (Å²) in [5.41, 5.74) is 7.61. The molecule has 190 valence electrons. The molecule has 0 radical (unpaired) electrons. The van der Waals surface area contributed by atoms with Crippen LogP contribution < -0.4 is 10.6 Å². The molecule has 3 aromatic carbocycles. The molecule has 0 unspecified atom stereocenters. The molecule has 3 aromatic rings. The van der Waals surface area contributed by atoms with Gasteiger partial charge in [-0.2, -0.15) is 0 Å². The van der Waals surface area contributed by atoms with Crippen molar-refractivity contribution in [3.8, 4) is 0 Å². The minimum atomic E-state index is -1.14. The maximum absolute atomic E-state index is 16.6. The summed E-state index contributed by atoms with van der Waals surface area (Å²) in [6, 6.07) is 23.2. The first-order valence-electron chi connectivity index (χ1n) is 12.4. The molecular formula is C30H35FN2O3. The van der Waals surface area contributed by atoms with Gasteiger partial charge in [-0.3, -0.25) is 4.79 Å². The molecule has 1 fully saturated rings. The third kappa shape index (κ3) is 5.71. The predicted octanol–water partition coefficient (Wildman–Crippen LogP) is 6.00. The summed E-state index contributed by atoms with van der Waals surface area (Å²) in [4.78, 5) is 15.5. The number of esters is 1. The van der Waals surface area contributed by atoms with Crippen LogP contribution in [-0.2, 0) is 32.8 Å². The van der Waals surface area contributed by atoms with Crippen molar-refractivity contribution in [3.63, 3.8) is 0 Å². The van der Waals surface area contributed by atoms with E-state index in [1.165, 1.54) is 0 Å². The van der Waals surface area contributed by atoms with Crippen molar-refractivity contribution in [2.75, 3.05) is 23.8 Å². The van der Waals surface area contributed by atoms with Gasteiger partial charge in [-0.15, -0.1) is 0 Å². The average Bonchev–Trinajstić information content (AvgIpc) is 2.85. The molecule has 1 heterocycles. The quantitative estimate of drug-likeness (QED) is 0.325. The molecule has 0 saturated carbocycles. The van der Waals surface area contributed by atoms with Crippen LogP contribution in [0.2, 0.25) is 0 Å². The van der Waals surface area contributed by atoms with Crippen molar-refractivity contribution in [1.29, 1.82) is 0 Å². The van der Waals surface area contributed by atoms with Crippen LogP contribution in [0.1, 0.15) is 50.3 Å². The van der Waals surface area contributed by atoms with Crippen LogP contribution in [0, 0.1) is 5.82 Å². The fraction of sp³-hybridized carbons (Fsp3) is 0.367. The Bertz CT molecular complexity index is 1130. The number of nitrogens with zero attached hydrogens (tertiary/aromatic N) is 1. The van der Waals surface area contributed by atoms with Crippen LogP contribution in [0.25, 0.3) is 0 Å². The van der Waals surface area contributed by atoms with E-state index < -0.39 is 22.8 Å². The minimum absolute atomic E-state index is 0.301. The molecule has 0 aliphatic carbocycles. The van der Waals surface area contributed by atoms with Gasteiger partial charge in [0.2, 0.25) is 0 Å². The Balaban J connectivity index is 1.81. The van der Waals surface area contributed by atoms with E-state index in [0.29, 0.717) is 56.1 Å². The van der Waals surface area contributed by atoms with Gasteiger partial charge in [-0.1, -0.05) is 66.7 Å². The fourth-order valence-electron chi connectivity index (χ4n) is 4.77. The normalized spacial score (nSPS) is 15.3. The molecule has 0 amide bonds. The zero-order valence-corrected chi connectivity index (χ0v) is 21.3. The van der Waals surface area contributed by atoms with Gasteiger partial charge in [0.05, 0.1) is 11.4 Å². The maximum Gasteiger partial charge on any atom is 0.317 e. The van der Waals surface area contributed by atoms with Crippen LogP contribution in [0.3, 0.4) is 0 Å². The van der Waals surface area contributed by atoms with E-state index in [0.717, 1.165) is 11.1 Å². The van der Waals surface area contributed by atoms with Crippen molar-refractivity contribution < 1.29 is 18.7 Å². The summed E-state index contributed by atoms with van der Waals surface area (Å²) in [5.74, 6) is -0.903. The third-order valence-electron chi connectivity index (χ3n) is 6.55. The Morgan fingerprint density at radius 1 is 0.944 bits per heavy atom. The van der Waals surface area contributed by atoms with E-state index in [-0.39, 0.29) is 0 Å². The Kier molecular flexibility index (Phi) is 7.65. The van der Waals surface area contributed by atoms with Crippen molar-refractivity contribution >= 4 is 17.3 Å². The van der Waals surface area contributed by atoms with Gasteiger partial charge < -0.3 is 20.1 Å². The topological polar surface area (TPSA) is 64.8 Å². The first kappa shape index (κ1) is 25.7. The van der Waals surface area contributed by atoms with Crippen LogP contribution in [0.5, 0.6) is 0 Å². The zero-order valence-electron chi connectivity index (χ0n) is 21.3. The number of carbonyl (C=O) groups excluding carboxylic acids is 1. The number of nitrogens with two attached hydrogens (primary N) is 1. The number of ether oxygens (including phenoxy) is 2. The van der Waals surface area contributed by atoms with E-state index in [4.69, 9.17) is 15.2 Å². The number of benzene rings is 3. The van der Waals surface area contributed by atoms with Gasteiger partial charge in [0.1, 0.15) is 11.0 Å². The minimum Gasteiger partial charge on any atom is -0.459 e. The highest BCUT2D eigenvalue weighted by Gasteiger charge is 2.47. The Morgan fingerprint density at radius 2 is 1.47 bits per heavy atom. The lowest BCUT2D eigenvalue weighted by molar-refractivity contribution is -0.166. The monoisotopic (exact) mass is 490 g/mol. The Morgan fingerprint density at radius 3 is 1.97 bits per heavy atom. The second-order valence-corrected chi connectivity index (χ2v) is 10.4. The lowest BCUT2D eigenvalue weighted by Crippen LogP contribution is -2.46. The summed E-state index contributed by atoms with van der Waals surface area (Å²) in [5, 5.41) is 0. The summed E-state index contributed by atoms with van der Waals surface area (Å²) >= 11 is 0. The summed E-state index contributed by atoms with van der Waals surface area (Å²) in [6.45, 7) is 7.11. The van der Waals surface area contributed by atoms with E-state index in [9.17, 15) is 4.79 Å². The number of nitrogen functional groups attached to an aromatic ring is 1. The van der Waals surface area contributed by atoms with E-state index in [1.807, 2.05) is 86.3 Å². The van der Waals surface area contributed by atoms with Gasteiger partial charge in [0.15, 0.2) is 5.82 Å². The van der Waals surface area contributed by atoms with E-state index in [1.54, 1.807) is 12.1 Å². The molecule has 1 aliphatic heterocycles. The molecule has 2 N–H and O–H groups in total. The van der Waals surface area contributed by atoms with Crippen molar-refractivity contribution in [1.82, 2.24) is 0 Å². The number of halogens is 1. The van der Waals surface area contributed by atoms with Gasteiger partial charge in [-0.25, -0.2) is 4.39 Å². The molecule has 0 atom stereocenters. The van der Waals surface area contributed by atoms with Gasteiger partial charge in [0.25, 0.3) is 0 Å². The highest BCUT2D eigenvalue weighted by Crippen LogP contribution is 2.43. The van der Waals surface area contributed by atoms with Crippen LogP contribution in [0.15, 0.2) is 72.8 Å². The Hall–Kier alpha value is -3.38. The molecule has 5 nitrogen and oxygen atoms in total. The molecular weight excluding hydrogens is 455 g/mol. The lowest BCUT2D eigenvalue weighted by atomic mass is 9.73. The zero-order chi connectivity index (χ0) is 25.8. The number of rotatable bonds is 7. The predicted molar refractivity (Wildman–Crippen MR) is 141 cm³/mol. The van der Waals surface area contributed by atoms with Crippen LogP contribution in [-0.4, -0.2) is 24.8 Å². The van der Waals surface area contributed by atoms with Gasteiger partial charge >= 0.3 is 5.97 Å². The molecule has 6 heteroatoms. The molecule has 0 spiro atoms. The summed E-state index contributed by atoms with van der Waals surface area (Å²) < 4.78 is 28.0. The molecule has 0 bridgehead atoms. The molecule has 4 rings (SSSR count). The van der Waals surface area contributed by atoms with E-state index in [2.05, 4.69) is 0 Å². The average molecular weight is 491 g/mol.